The summed E-state index contributed by atoms with van der Waals surface area (Å²) in [6.45, 7) is 11.3. The Morgan fingerprint density at radius 2 is 1.87 bits per heavy atom. The second-order valence-electron chi connectivity index (χ2n) is 8.82. The zero-order chi connectivity index (χ0) is 22.1. The molecule has 7 nitrogen and oxygen atoms in total. The molecule has 3 atom stereocenters. The van der Waals surface area contributed by atoms with Gasteiger partial charge in [0.25, 0.3) is 0 Å². The molecule has 7 heteroatoms. The van der Waals surface area contributed by atoms with E-state index in [0.717, 1.165) is 32.5 Å². The van der Waals surface area contributed by atoms with Gasteiger partial charge in [-0.05, 0) is 42.9 Å². The number of methoxy groups -OCH3 is 2. The lowest BCUT2D eigenvalue weighted by Crippen LogP contribution is -2.47. The van der Waals surface area contributed by atoms with Gasteiger partial charge in [0.2, 0.25) is 0 Å². The van der Waals surface area contributed by atoms with Crippen molar-refractivity contribution in [2.24, 2.45) is 16.3 Å². The van der Waals surface area contributed by atoms with E-state index in [0.29, 0.717) is 28.9 Å². The molecule has 170 valence electrons. The molecule has 0 radical (unpaired) electrons. The number of hydrogen-bond acceptors (Lipinski definition) is 5. The summed E-state index contributed by atoms with van der Waals surface area (Å²) in [4.78, 5) is 4.59. The molecular formula is C23H39N3O4. The molecule has 0 spiro atoms. The lowest BCUT2D eigenvalue weighted by molar-refractivity contribution is -0.0835. The molecular weight excluding hydrogens is 382 g/mol. The average Bonchev–Trinajstić information content (AvgIpc) is 2.74. The third-order valence-electron chi connectivity index (χ3n) is 5.36. The van der Waals surface area contributed by atoms with Gasteiger partial charge in [-0.15, -0.1) is 0 Å². The fourth-order valence-corrected chi connectivity index (χ4v) is 3.88. The molecule has 1 heterocycles. The smallest absolute Gasteiger partial charge is 0.191 e. The van der Waals surface area contributed by atoms with Gasteiger partial charge in [-0.1, -0.05) is 20.8 Å². The second-order valence-corrected chi connectivity index (χ2v) is 8.82. The molecule has 3 N–H and O–H groups in total. The molecule has 1 fully saturated rings. The third-order valence-corrected chi connectivity index (χ3v) is 5.36. The fraction of sp³-hybridized carbons (Fsp3) is 0.696. The largest absolute Gasteiger partial charge is 0.497 e. The van der Waals surface area contributed by atoms with Crippen molar-refractivity contribution >= 4 is 5.96 Å². The number of aliphatic hydroxyl groups is 1. The van der Waals surface area contributed by atoms with Crippen molar-refractivity contribution in [3.05, 3.63) is 23.8 Å². The zero-order valence-electron chi connectivity index (χ0n) is 19.3. The zero-order valence-corrected chi connectivity index (χ0v) is 19.3. The van der Waals surface area contributed by atoms with E-state index in [4.69, 9.17) is 14.2 Å². The van der Waals surface area contributed by atoms with Gasteiger partial charge in [-0.25, -0.2) is 0 Å². The number of benzene rings is 1. The number of nitrogens with zero attached hydrogens (tertiary/aromatic N) is 1. The van der Waals surface area contributed by atoms with Gasteiger partial charge in [0.15, 0.2) is 5.96 Å². The lowest BCUT2D eigenvalue weighted by Gasteiger charge is -2.40. The van der Waals surface area contributed by atoms with Crippen molar-refractivity contribution in [3.8, 4) is 11.5 Å². The quantitative estimate of drug-likeness (QED) is 0.442. The van der Waals surface area contributed by atoms with Crippen molar-refractivity contribution < 1.29 is 19.3 Å². The molecule has 1 aromatic rings. The topological polar surface area (TPSA) is 84.3 Å². The van der Waals surface area contributed by atoms with Crippen LogP contribution in [0.25, 0.3) is 0 Å². The van der Waals surface area contributed by atoms with E-state index >= 15 is 0 Å². The molecule has 1 aliphatic heterocycles. The number of ether oxygens (including phenoxy) is 3. The standard InChI is InChI=1S/C23H39N3O4/c1-7-24-22(25-14-16-9-8-10-30-21(16)23(2,3)4)26-15-20(27)17-11-18(28-5)13-19(12-17)29-6/h11-13,16,20-21,27H,7-10,14-15H2,1-6H3,(H2,24,25,26). The first kappa shape index (κ1) is 24.3. The average molecular weight is 422 g/mol. The van der Waals surface area contributed by atoms with Gasteiger partial charge in [0.05, 0.1) is 33.0 Å². The summed E-state index contributed by atoms with van der Waals surface area (Å²) in [5, 5.41) is 17.4. The van der Waals surface area contributed by atoms with Crippen LogP contribution in [0.5, 0.6) is 11.5 Å². The lowest BCUT2D eigenvalue weighted by atomic mass is 9.78. The van der Waals surface area contributed by atoms with Crippen molar-refractivity contribution in [1.29, 1.82) is 0 Å². The third kappa shape index (κ3) is 7.06. The van der Waals surface area contributed by atoms with Crippen LogP contribution in [0.4, 0.5) is 0 Å². The van der Waals surface area contributed by atoms with Crippen LogP contribution in [0.3, 0.4) is 0 Å². The molecule has 2 rings (SSSR count). The number of aliphatic imine (C=N–C) groups is 1. The summed E-state index contributed by atoms with van der Waals surface area (Å²) in [6, 6.07) is 5.38. The predicted molar refractivity (Wildman–Crippen MR) is 120 cm³/mol. The Kier molecular flexibility index (Phi) is 9.24. The number of hydrogen-bond donors (Lipinski definition) is 3. The van der Waals surface area contributed by atoms with Crippen LogP contribution >= 0.6 is 0 Å². The van der Waals surface area contributed by atoms with Crippen LogP contribution in [-0.2, 0) is 4.74 Å². The maximum Gasteiger partial charge on any atom is 0.191 e. The first-order valence-corrected chi connectivity index (χ1v) is 10.8. The van der Waals surface area contributed by atoms with Crippen molar-refractivity contribution in [2.75, 3.05) is 40.5 Å². The molecule has 0 saturated carbocycles. The van der Waals surface area contributed by atoms with Gasteiger partial charge in [0.1, 0.15) is 11.5 Å². The summed E-state index contributed by atoms with van der Waals surface area (Å²) in [7, 11) is 3.19. The first-order chi connectivity index (χ1) is 14.3. The van der Waals surface area contributed by atoms with Gasteiger partial charge in [0, 0.05) is 31.7 Å². The van der Waals surface area contributed by atoms with Gasteiger partial charge in [-0.2, -0.15) is 0 Å². The minimum Gasteiger partial charge on any atom is -0.497 e. The summed E-state index contributed by atoms with van der Waals surface area (Å²) < 4.78 is 16.7. The molecule has 0 amide bonds. The van der Waals surface area contributed by atoms with Gasteiger partial charge in [-0.3, -0.25) is 4.99 Å². The SMILES string of the molecule is CCNC(=NCC(O)c1cc(OC)cc(OC)c1)NCC1CCCOC1C(C)(C)C. The number of aliphatic hydroxyl groups excluding tert-OH is 1. The molecule has 0 aliphatic carbocycles. The van der Waals surface area contributed by atoms with E-state index in [1.807, 2.05) is 6.92 Å². The van der Waals surface area contributed by atoms with Crippen LogP contribution in [0, 0.1) is 11.3 Å². The summed E-state index contributed by atoms with van der Waals surface area (Å²) in [5.41, 5.74) is 0.809. The van der Waals surface area contributed by atoms with Crippen LogP contribution in [-0.4, -0.2) is 57.6 Å². The molecule has 3 unspecified atom stereocenters. The summed E-state index contributed by atoms with van der Waals surface area (Å²) in [5.74, 6) is 2.41. The minimum atomic E-state index is -0.759. The van der Waals surface area contributed by atoms with E-state index in [1.54, 1.807) is 32.4 Å². The second kappa shape index (κ2) is 11.4. The van der Waals surface area contributed by atoms with E-state index < -0.39 is 6.10 Å². The van der Waals surface area contributed by atoms with E-state index in [9.17, 15) is 5.11 Å². The Bertz CT molecular complexity index is 665. The van der Waals surface area contributed by atoms with Gasteiger partial charge < -0.3 is 30.0 Å². The van der Waals surface area contributed by atoms with E-state index in [1.165, 1.54) is 0 Å². The minimum absolute atomic E-state index is 0.101. The first-order valence-electron chi connectivity index (χ1n) is 10.8. The summed E-state index contributed by atoms with van der Waals surface area (Å²) >= 11 is 0. The monoisotopic (exact) mass is 421 g/mol. The highest BCUT2D eigenvalue weighted by Crippen LogP contribution is 2.33. The molecule has 0 aromatic heterocycles. The maximum atomic E-state index is 10.6. The molecule has 0 bridgehead atoms. The van der Waals surface area contributed by atoms with Crippen LogP contribution in [0.15, 0.2) is 23.2 Å². The Balaban J connectivity index is 2.03. The van der Waals surface area contributed by atoms with Crippen molar-refractivity contribution in [1.82, 2.24) is 10.6 Å². The Morgan fingerprint density at radius 3 is 2.43 bits per heavy atom. The van der Waals surface area contributed by atoms with Crippen LogP contribution < -0.4 is 20.1 Å². The Hall–Kier alpha value is -1.99. The highest BCUT2D eigenvalue weighted by atomic mass is 16.5. The number of nitrogens with one attached hydrogen (secondary N) is 2. The Morgan fingerprint density at radius 1 is 1.20 bits per heavy atom. The molecule has 30 heavy (non-hydrogen) atoms. The van der Waals surface area contributed by atoms with Gasteiger partial charge >= 0.3 is 0 Å². The maximum absolute atomic E-state index is 10.6. The van der Waals surface area contributed by atoms with E-state index in [-0.39, 0.29) is 18.1 Å². The van der Waals surface area contributed by atoms with Crippen molar-refractivity contribution in [3.63, 3.8) is 0 Å². The van der Waals surface area contributed by atoms with Crippen LogP contribution in [0.2, 0.25) is 0 Å². The highest BCUT2D eigenvalue weighted by molar-refractivity contribution is 5.79. The van der Waals surface area contributed by atoms with Crippen LogP contribution in [0.1, 0.15) is 52.2 Å². The number of rotatable bonds is 8. The van der Waals surface area contributed by atoms with E-state index in [2.05, 4.69) is 36.4 Å². The molecule has 1 aliphatic rings. The predicted octanol–water partition coefficient (Wildman–Crippen LogP) is 3.13. The summed E-state index contributed by atoms with van der Waals surface area (Å²) in [6.07, 6.45) is 1.69. The highest BCUT2D eigenvalue weighted by Gasteiger charge is 2.35. The number of guanidine groups is 1. The normalized spacial score (nSPS) is 21.1. The fourth-order valence-electron chi connectivity index (χ4n) is 3.88. The Labute approximate surface area is 181 Å². The molecule has 1 aromatic carbocycles. The molecule has 1 saturated heterocycles. The van der Waals surface area contributed by atoms with Crippen molar-refractivity contribution in [2.45, 2.75) is 52.7 Å².